The van der Waals surface area contributed by atoms with Crippen LogP contribution in [0.5, 0.6) is 0 Å². The molecule has 0 aliphatic heterocycles. The fraction of sp³-hybridized carbons (Fsp3) is 0.0870. The van der Waals surface area contributed by atoms with Crippen LogP contribution in [0, 0.1) is 10.1 Å². The number of carbonyl (C=O) groups is 2. The average molecular weight is 445 g/mol. The van der Waals surface area contributed by atoms with Gasteiger partial charge in [0.1, 0.15) is 5.52 Å². The summed E-state index contributed by atoms with van der Waals surface area (Å²) < 4.78 is 0.798. The van der Waals surface area contributed by atoms with E-state index in [4.69, 9.17) is 0 Å². The summed E-state index contributed by atoms with van der Waals surface area (Å²) in [6, 6.07) is 17.0. The molecule has 4 rings (SSSR count). The monoisotopic (exact) mass is 445 g/mol. The van der Waals surface area contributed by atoms with Gasteiger partial charge in [0, 0.05) is 48.6 Å². The molecule has 1 aromatic heterocycles. The molecule has 2 N–H and O–H groups in total. The van der Waals surface area contributed by atoms with E-state index in [1.54, 1.807) is 62.6 Å². The lowest BCUT2D eigenvalue weighted by atomic mass is 10.1. The lowest BCUT2D eigenvalue weighted by molar-refractivity contribution is -0.384. The van der Waals surface area contributed by atoms with Crippen LogP contribution in [0.25, 0.3) is 22.4 Å². The second-order valence-corrected chi connectivity index (χ2v) is 7.49. The van der Waals surface area contributed by atoms with Crippen LogP contribution in [-0.4, -0.2) is 50.7 Å². The molecule has 33 heavy (non-hydrogen) atoms. The standard InChI is InChI=1S/C23H19N5O5/c1-26(2)23(30)16-5-3-15(4-6-16)22(29)24-17-9-7-14(8-10-17)21-25-19-12-11-18(28(32)33)13-20(19)27(21)31/h3-13,31H,1-2H3,(H,24,29). The van der Waals surface area contributed by atoms with E-state index in [2.05, 4.69) is 10.3 Å². The summed E-state index contributed by atoms with van der Waals surface area (Å²) in [5, 5.41) is 24.2. The first-order valence-corrected chi connectivity index (χ1v) is 9.84. The number of nitrogens with zero attached hydrogens (tertiary/aromatic N) is 4. The Bertz CT molecular complexity index is 1380. The van der Waals surface area contributed by atoms with Crippen molar-refractivity contribution in [2.75, 3.05) is 19.4 Å². The predicted octanol–water partition coefficient (Wildman–Crippen LogP) is 3.80. The van der Waals surface area contributed by atoms with Crippen LogP contribution in [0.3, 0.4) is 0 Å². The highest BCUT2D eigenvalue weighted by atomic mass is 16.6. The summed E-state index contributed by atoms with van der Waals surface area (Å²) in [6.45, 7) is 0. The molecule has 10 heteroatoms. The minimum Gasteiger partial charge on any atom is -0.426 e. The van der Waals surface area contributed by atoms with Crippen molar-refractivity contribution in [3.05, 3.63) is 88.0 Å². The molecule has 1 heterocycles. The van der Waals surface area contributed by atoms with Gasteiger partial charge >= 0.3 is 0 Å². The minimum absolute atomic E-state index is 0.151. The summed E-state index contributed by atoms with van der Waals surface area (Å²) in [5.41, 5.74) is 2.43. The van der Waals surface area contributed by atoms with Gasteiger partial charge < -0.3 is 15.4 Å². The van der Waals surface area contributed by atoms with Gasteiger partial charge in [-0.15, -0.1) is 0 Å². The number of carbonyl (C=O) groups excluding carboxylic acids is 2. The molecule has 0 bridgehead atoms. The fourth-order valence-corrected chi connectivity index (χ4v) is 3.28. The Labute approximate surface area is 187 Å². The van der Waals surface area contributed by atoms with Gasteiger partial charge in [-0.3, -0.25) is 19.7 Å². The SMILES string of the molecule is CN(C)C(=O)c1ccc(C(=O)Nc2ccc(-c3nc4ccc([N+](=O)[O-])cc4n3O)cc2)cc1. The van der Waals surface area contributed by atoms with E-state index in [-0.39, 0.29) is 28.8 Å². The summed E-state index contributed by atoms with van der Waals surface area (Å²) >= 11 is 0. The van der Waals surface area contributed by atoms with E-state index >= 15 is 0 Å². The molecule has 0 radical (unpaired) electrons. The van der Waals surface area contributed by atoms with Crippen molar-refractivity contribution >= 4 is 34.2 Å². The quantitative estimate of drug-likeness (QED) is 0.273. The molecule has 0 atom stereocenters. The maximum absolute atomic E-state index is 12.5. The van der Waals surface area contributed by atoms with Crippen molar-refractivity contribution in [2.24, 2.45) is 0 Å². The fourth-order valence-electron chi connectivity index (χ4n) is 3.28. The zero-order valence-electron chi connectivity index (χ0n) is 17.7. The maximum Gasteiger partial charge on any atom is 0.271 e. The van der Waals surface area contributed by atoms with Crippen LogP contribution in [0.4, 0.5) is 11.4 Å². The third-order valence-electron chi connectivity index (χ3n) is 5.03. The lowest BCUT2D eigenvalue weighted by Crippen LogP contribution is -2.21. The topological polar surface area (TPSA) is 131 Å². The van der Waals surface area contributed by atoms with Gasteiger partial charge in [0.2, 0.25) is 0 Å². The molecule has 4 aromatic rings. The van der Waals surface area contributed by atoms with Crippen LogP contribution in [0.1, 0.15) is 20.7 Å². The molecule has 10 nitrogen and oxygen atoms in total. The average Bonchev–Trinajstić information content (AvgIpc) is 3.14. The van der Waals surface area contributed by atoms with Gasteiger partial charge in [0.05, 0.1) is 10.4 Å². The van der Waals surface area contributed by atoms with Gasteiger partial charge in [-0.2, -0.15) is 4.73 Å². The number of non-ortho nitro benzene ring substituents is 1. The van der Waals surface area contributed by atoms with E-state index < -0.39 is 4.92 Å². The highest BCUT2D eigenvalue weighted by molar-refractivity contribution is 6.05. The molecule has 2 amide bonds. The zero-order valence-corrected chi connectivity index (χ0v) is 17.7. The highest BCUT2D eigenvalue weighted by Gasteiger charge is 2.16. The van der Waals surface area contributed by atoms with Crippen molar-refractivity contribution in [3.63, 3.8) is 0 Å². The Balaban J connectivity index is 1.52. The van der Waals surface area contributed by atoms with Crippen molar-refractivity contribution in [3.8, 4) is 11.4 Å². The number of nitro benzene ring substituents is 1. The number of benzene rings is 3. The van der Waals surface area contributed by atoms with Gasteiger partial charge in [0.25, 0.3) is 17.5 Å². The Morgan fingerprint density at radius 1 is 1.00 bits per heavy atom. The molecular weight excluding hydrogens is 426 g/mol. The molecule has 0 saturated carbocycles. The largest absolute Gasteiger partial charge is 0.426 e. The molecule has 3 aromatic carbocycles. The zero-order chi connectivity index (χ0) is 23.7. The first kappa shape index (κ1) is 21.5. The Hall–Kier alpha value is -4.73. The lowest BCUT2D eigenvalue weighted by Gasteiger charge is -2.11. The smallest absolute Gasteiger partial charge is 0.271 e. The number of rotatable bonds is 5. The Morgan fingerprint density at radius 2 is 1.64 bits per heavy atom. The first-order chi connectivity index (χ1) is 15.7. The number of hydrogen-bond donors (Lipinski definition) is 2. The molecular formula is C23H19N5O5. The van der Waals surface area contributed by atoms with Gasteiger partial charge in [-0.05, 0) is 54.6 Å². The second-order valence-electron chi connectivity index (χ2n) is 7.49. The number of nitrogens with one attached hydrogen (secondary N) is 1. The van der Waals surface area contributed by atoms with Crippen LogP contribution in [-0.2, 0) is 0 Å². The van der Waals surface area contributed by atoms with E-state index in [1.165, 1.54) is 23.1 Å². The van der Waals surface area contributed by atoms with Crippen molar-refractivity contribution in [2.45, 2.75) is 0 Å². The summed E-state index contributed by atoms with van der Waals surface area (Å²) in [4.78, 5) is 40.7. The number of fused-ring (bicyclic) bond motifs is 1. The molecule has 0 aliphatic rings. The Morgan fingerprint density at radius 3 is 2.24 bits per heavy atom. The number of hydrogen-bond acceptors (Lipinski definition) is 6. The van der Waals surface area contributed by atoms with E-state index in [9.17, 15) is 24.9 Å². The first-order valence-electron chi connectivity index (χ1n) is 9.84. The molecule has 0 saturated heterocycles. The maximum atomic E-state index is 12.5. The predicted molar refractivity (Wildman–Crippen MR) is 121 cm³/mol. The van der Waals surface area contributed by atoms with E-state index in [1.807, 2.05) is 0 Å². The number of amides is 2. The van der Waals surface area contributed by atoms with Crippen LogP contribution < -0.4 is 5.32 Å². The minimum atomic E-state index is -0.544. The normalized spacial score (nSPS) is 10.7. The number of nitro groups is 1. The van der Waals surface area contributed by atoms with Gasteiger partial charge in [-0.1, -0.05) is 0 Å². The summed E-state index contributed by atoms with van der Waals surface area (Å²) in [6.07, 6.45) is 0. The van der Waals surface area contributed by atoms with Crippen LogP contribution in [0.15, 0.2) is 66.7 Å². The van der Waals surface area contributed by atoms with Crippen molar-refractivity contribution in [1.82, 2.24) is 14.6 Å². The Kier molecular flexibility index (Phi) is 5.49. The third kappa shape index (κ3) is 4.22. The van der Waals surface area contributed by atoms with E-state index in [0.717, 1.165) is 4.73 Å². The van der Waals surface area contributed by atoms with Crippen LogP contribution in [0.2, 0.25) is 0 Å². The summed E-state index contributed by atoms with van der Waals surface area (Å²) in [7, 11) is 3.31. The molecule has 0 spiro atoms. The van der Waals surface area contributed by atoms with Gasteiger partial charge in [-0.25, -0.2) is 4.98 Å². The molecule has 166 valence electrons. The summed E-state index contributed by atoms with van der Waals surface area (Å²) in [5.74, 6) is -0.278. The number of imidazole rings is 1. The van der Waals surface area contributed by atoms with E-state index in [0.29, 0.717) is 27.9 Å². The van der Waals surface area contributed by atoms with Crippen LogP contribution >= 0.6 is 0 Å². The number of anilines is 1. The number of aromatic nitrogens is 2. The molecule has 0 aliphatic carbocycles. The van der Waals surface area contributed by atoms with Gasteiger partial charge in [0.15, 0.2) is 5.82 Å². The third-order valence-corrected chi connectivity index (χ3v) is 5.03. The molecule has 0 fully saturated rings. The molecule has 0 unspecified atom stereocenters. The van der Waals surface area contributed by atoms with Crippen molar-refractivity contribution < 1.29 is 19.7 Å². The highest BCUT2D eigenvalue weighted by Crippen LogP contribution is 2.27. The second kappa shape index (κ2) is 8.42. The van der Waals surface area contributed by atoms with Crippen molar-refractivity contribution in [1.29, 1.82) is 0 Å².